The van der Waals surface area contributed by atoms with Crippen LogP contribution in [0, 0.1) is 5.92 Å². The van der Waals surface area contributed by atoms with E-state index in [2.05, 4.69) is 23.8 Å². The number of hydrogen-bond acceptors (Lipinski definition) is 3. The predicted molar refractivity (Wildman–Crippen MR) is 71.7 cm³/mol. The lowest BCUT2D eigenvalue weighted by Crippen LogP contribution is -2.24. The molecule has 96 valence electrons. The molecule has 0 amide bonds. The summed E-state index contributed by atoms with van der Waals surface area (Å²) < 4.78 is 0. The zero-order chi connectivity index (χ0) is 13.0. The van der Waals surface area contributed by atoms with E-state index in [0.717, 1.165) is 24.6 Å². The first kappa shape index (κ1) is 13.7. The minimum absolute atomic E-state index is 0.0740. The summed E-state index contributed by atoms with van der Waals surface area (Å²) in [4.78, 5) is 20.8. The Morgan fingerprint density at radius 2 is 2.00 bits per heavy atom. The molecule has 0 spiro atoms. The van der Waals surface area contributed by atoms with Crippen LogP contribution < -0.4 is 10.5 Å². The summed E-state index contributed by atoms with van der Waals surface area (Å²) in [7, 11) is 1.98. The molecule has 1 N–H and O–H groups in total. The molecule has 0 aliphatic heterocycles. The van der Waals surface area contributed by atoms with Gasteiger partial charge in [-0.1, -0.05) is 27.7 Å². The van der Waals surface area contributed by atoms with Crippen molar-refractivity contribution in [3.63, 3.8) is 0 Å². The molecule has 1 rings (SSSR count). The predicted octanol–water partition coefficient (Wildman–Crippen LogP) is 2.38. The first-order valence-electron chi connectivity index (χ1n) is 6.22. The van der Waals surface area contributed by atoms with Gasteiger partial charge in [0, 0.05) is 25.6 Å². The zero-order valence-corrected chi connectivity index (χ0v) is 11.4. The van der Waals surface area contributed by atoms with E-state index in [4.69, 9.17) is 0 Å². The molecular weight excluding hydrogens is 214 g/mol. The van der Waals surface area contributed by atoms with Crippen molar-refractivity contribution in [1.82, 2.24) is 9.97 Å². The van der Waals surface area contributed by atoms with Gasteiger partial charge < -0.3 is 9.88 Å². The summed E-state index contributed by atoms with van der Waals surface area (Å²) >= 11 is 0. The van der Waals surface area contributed by atoms with E-state index in [1.807, 2.05) is 25.8 Å². The maximum absolute atomic E-state index is 11.5. The second-order valence-electron chi connectivity index (χ2n) is 5.25. The van der Waals surface area contributed by atoms with Gasteiger partial charge in [-0.2, -0.15) is 0 Å². The standard InChI is InChI=1S/C13H23N3O/c1-9(2)6-7-16(5)11-8-12(17)15-13(14-11)10(3)4/h8-10H,6-7H2,1-5H3,(H,14,15,17). The third-order valence-electron chi connectivity index (χ3n) is 2.73. The Hall–Kier alpha value is -1.32. The molecule has 0 aliphatic rings. The lowest BCUT2D eigenvalue weighted by atomic mass is 10.1. The average molecular weight is 237 g/mol. The van der Waals surface area contributed by atoms with Crippen molar-refractivity contribution in [3.05, 3.63) is 22.2 Å². The van der Waals surface area contributed by atoms with E-state index in [1.165, 1.54) is 0 Å². The van der Waals surface area contributed by atoms with Crippen molar-refractivity contribution in [2.24, 2.45) is 5.92 Å². The highest BCUT2D eigenvalue weighted by Crippen LogP contribution is 2.13. The molecule has 0 saturated carbocycles. The molecule has 4 heteroatoms. The van der Waals surface area contributed by atoms with Crippen molar-refractivity contribution in [3.8, 4) is 0 Å². The van der Waals surface area contributed by atoms with E-state index in [-0.39, 0.29) is 11.5 Å². The molecule has 0 saturated heterocycles. The first-order valence-corrected chi connectivity index (χ1v) is 6.22. The average Bonchev–Trinajstić information content (AvgIpc) is 2.24. The molecule has 0 fully saturated rings. The summed E-state index contributed by atoms with van der Waals surface area (Å²) in [6.07, 6.45) is 1.10. The Morgan fingerprint density at radius 3 is 2.53 bits per heavy atom. The number of H-pyrrole nitrogens is 1. The number of rotatable bonds is 5. The van der Waals surface area contributed by atoms with Gasteiger partial charge in [0.25, 0.3) is 5.56 Å². The summed E-state index contributed by atoms with van der Waals surface area (Å²) in [6, 6.07) is 1.56. The minimum atomic E-state index is -0.0740. The monoisotopic (exact) mass is 237 g/mol. The fourth-order valence-electron chi connectivity index (χ4n) is 1.50. The van der Waals surface area contributed by atoms with Gasteiger partial charge in [-0.15, -0.1) is 0 Å². The van der Waals surface area contributed by atoms with Crippen LogP contribution in [-0.2, 0) is 0 Å². The van der Waals surface area contributed by atoms with Crippen LogP contribution in [0.15, 0.2) is 10.9 Å². The normalized spacial score (nSPS) is 11.2. The third kappa shape index (κ3) is 4.21. The minimum Gasteiger partial charge on any atom is -0.359 e. The lowest BCUT2D eigenvalue weighted by molar-refractivity contribution is 0.582. The van der Waals surface area contributed by atoms with Crippen LogP contribution in [0.5, 0.6) is 0 Å². The second kappa shape index (κ2) is 5.84. The number of nitrogens with one attached hydrogen (secondary N) is 1. The highest BCUT2D eigenvalue weighted by atomic mass is 16.1. The number of anilines is 1. The van der Waals surface area contributed by atoms with Crippen molar-refractivity contribution >= 4 is 5.82 Å². The van der Waals surface area contributed by atoms with Gasteiger partial charge in [-0.3, -0.25) is 4.79 Å². The van der Waals surface area contributed by atoms with E-state index in [1.54, 1.807) is 6.07 Å². The lowest BCUT2D eigenvalue weighted by Gasteiger charge is -2.20. The molecule has 0 bridgehead atoms. The molecule has 0 aromatic carbocycles. The molecular formula is C13H23N3O. The quantitative estimate of drug-likeness (QED) is 0.855. The zero-order valence-electron chi connectivity index (χ0n) is 11.4. The SMILES string of the molecule is CC(C)CCN(C)c1cc(=O)[nH]c(C(C)C)n1. The smallest absolute Gasteiger partial charge is 0.252 e. The second-order valence-corrected chi connectivity index (χ2v) is 5.25. The highest BCUT2D eigenvalue weighted by molar-refractivity contribution is 5.36. The van der Waals surface area contributed by atoms with Gasteiger partial charge in [-0.25, -0.2) is 4.98 Å². The molecule has 0 radical (unpaired) electrons. The molecule has 1 aromatic heterocycles. The van der Waals surface area contributed by atoms with Crippen LogP contribution >= 0.6 is 0 Å². The number of aromatic nitrogens is 2. The van der Waals surface area contributed by atoms with Crippen LogP contribution in [0.3, 0.4) is 0 Å². The molecule has 4 nitrogen and oxygen atoms in total. The summed E-state index contributed by atoms with van der Waals surface area (Å²) in [5, 5.41) is 0. The molecule has 1 aromatic rings. The van der Waals surface area contributed by atoms with E-state index in [0.29, 0.717) is 5.92 Å². The van der Waals surface area contributed by atoms with Gasteiger partial charge in [0.2, 0.25) is 0 Å². The molecule has 0 unspecified atom stereocenters. The van der Waals surface area contributed by atoms with Gasteiger partial charge in [0.05, 0.1) is 0 Å². The van der Waals surface area contributed by atoms with Crippen molar-refractivity contribution < 1.29 is 0 Å². The van der Waals surface area contributed by atoms with Crippen LogP contribution in [0.4, 0.5) is 5.82 Å². The van der Waals surface area contributed by atoms with E-state index in [9.17, 15) is 4.79 Å². The number of nitrogens with zero attached hydrogens (tertiary/aromatic N) is 2. The van der Waals surface area contributed by atoms with Gasteiger partial charge in [0.1, 0.15) is 11.6 Å². The van der Waals surface area contributed by atoms with Crippen LogP contribution in [-0.4, -0.2) is 23.6 Å². The molecule has 0 aliphatic carbocycles. The summed E-state index contributed by atoms with van der Waals surface area (Å²) in [5.41, 5.74) is -0.0740. The van der Waals surface area contributed by atoms with Gasteiger partial charge in [0.15, 0.2) is 0 Å². The maximum atomic E-state index is 11.5. The summed E-state index contributed by atoms with van der Waals surface area (Å²) in [6.45, 7) is 9.36. The van der Waals surface area contributed by atoms with Gasteiger partial charge in [-0.05, 0) is 12.3 Å². The molecule has 17 heavy (non-hydrogen) atoms. The van der Waals surface area contributed by atoms with Crippen molar-refractivity contribution in [2.45, 2.75) is 40.0 Å². The Balaban J connectivity index is 2.86. The largest absolute Gasteiger partial charge is 0.359 e. The van der Waals surface area contributed by atoms with E-state index < -0.39 is 0 Å². The fourth-order valence-corrected chi connectivity index (χ4v) is 1.50. The Kier molecular flexibility index (Phi) is 4.73. The van der Waals surface area contributed by atoms with E-state index >= 15 is 0 Å². The van der Waals surface area contributed by atoms with Crippen molar-refractivity contribution in [2.75, 3.05) is 18.5 Å². The van der Waals surface area contributed by atoms with Gasteiger partial charge >= 0.3 is 0 Å². The topological polar surface area (TPSA) is 49.0 Å². The Labute approximate surface area is 103 Å². The van der Waals surface area contributed by atoms with Crippen LogP contribution in [0.25, 0.3) is 0 Å². The highest BCUT2D eigenvalue weighted by Gasteiger charge is 2.09. The molecule has 0 atom stereocenters. The molecule has 1 heterocycles. The van der Waals surface area contributed by atoms with Crippen molar-refractivity contribution in [1.29, 1.82) is 0 Å². The van der Waals surface area contributed by atoms with Crippen LogP contribution in [0.2, 0.25) is 0 Å². The maximum Gasteiger partial charge on any atom is 0.252 e. The number of hydrogen-bond donors (Lipinski definition) is 1. The summed E-state index contributed by atoms with van der Waals surface area (Å²) in [5.74, 6) is 2.41. The number of aromatic amines is 1. The fraction of sp³-hybridized carbons (Fsp3) is 0.692. The van der Waals surface area contributed by atoms with Crippen LogP contribution in [0.1, 0.15) is 45.9 Å². The first-order chi connectivity index (χ1) is 7.90. The third-order valence-corrected chi connectivity index (χ3v) is 2.73. The Bertz CT molecular complexity index is 409. The Morgan fingerprint density at radius 1 is 1.35 bits per heavy atom.